The SMILES string of the molecule is C#CCC(OC(=O)N[C@H]1CC(O[C@H]2C[C@](O)(C(=O)CO)Cc3c(O)c4c(c(O)c32)C(=O)c2c(OC)cccc2C4=O)O[C@@H](C)[C@H]1O)c1ccc(NC(=O)C(Cl)Cl)cc1. The number of aliphatic hydroxyl groups is 3. The van der Waals surface area contributed by atoms with Crippen LogP contribution >= 0.6 is 23.2 Å². The van der Waals surface area contributed by atoms with E-state index in [0.29, 0.717) is 11.3 Å². The fourth-order valence-corrected chi connectivity index (χ4v) is 7.59. The zero-order chi connectivity index (χ0) is 42.2. The van der Waals surface area contributed by atoms with E-state index in [1.54, 1.807) is 12.1 Å². The number of halogens is 2. The van der Waals surface area contributed by atoms with E-state index in [0.717, 1.165) is 0 Å². The van der Waals surface area contributed by atoms with Crippen molar-refractivity contribution in [3.63, 3.8) is 0 Å². The minimum absolute atomic E-state index is 0.0380. The number of phenolic OH excluding ortho intramolecular Hbond substituents is 2. The number of nitrogens with one attached hydrogen (secondary N) is 2. The summed E-state index contributed by atoms with van der Waals surface area (Å²) in [6.07, 6.45) is -3.21. The highest BCUT2D eigenvalue weighted by Crippen LogP contribution is 2.52. The number of anilines is 1. The zero-order valence-electron chi connectivity index (χ0n) is 30.9. The largest absolute Gasteiger partial charge is 0.507 e. The van der Waals surface area contributed by atoms with Gasteiger partial charge in [0.2, 0.25) is 5.78 Å². The van der Waals surface area contributed by atoms with Crippen LogP contribution in [0.3, 0.4) is 0 Å². The van der Waals surface area contributed by atoms with Crippen LogP contribution < -0.4 is 15.4 Å². The van der Waals surface area contributed by atoms with Gasteiger partial charge in [-0.25, -0.2) is 4.79 Å². The maximum Gasteiger partial charge on any atom is 0.408 e. The Morgan fingerprint density at radius 1 is 1.05 bits per heavy atom. The molecule has 1 heterocycles. The van der Waals surface area contributed by atoms with Crippen molar-refractivity contribution in [1.82, 2.24) is 5.32 Å². The lowest BCUT2D eigenvalue weighted by molar-refractivity contribution is -0.249. The summed E-state index contributed by atoms with van der Waals surface area (Å²) >= 11 is 11.2. The van der Waals surface area contributed by atoms with Gasteiger partial charge in [-0.15, -0.1) is 12.3 Å². The number of ether oxygens (including phenoxy) is 4. The van der Waals surface area contributed by atoms with Crippen molar-refractivity contribution in [2.24, 2.45) is 0 Å². The first-order valence-corrected chi connectivity index (χ1v) is 18.7. The van der Waals surface area contributed by atoms with Crippen molar-refractivity contribution in [3.8, 4) is 29.6 Å². The molecule has 2 unspecified atom stereocenters. The van der Waals surface area contributed by atoms with Crippen molar-refractivity contribution in [2.75, 3.05) is 19.0 Å². The molecule has 0 radical (unpaired) electrons. The van der Waals surface area contributed by atoms with E-state index in [9.17, 15) is 49.5 Å². The van der Waals surface area contributed by atoms with Crippen molar-refractivity contribution in [3.05, 3.63) is 81.4 Å². The number of methoxy groups -OCH3 is 1. The quantitative estimate of drug-likeness (QED) is 0.0651. The maximum atomic E-state index is 14.0. The number of alkyl carbamates (subject to hydrolysis) is 1. The molecule has 3 aliphatic rings. The smallest absolute Gasteiger partial charge is 0.408 e. The number of carbonyl (C=O) groups is 5. The summed E-state index contributed by atoms with van der Waals surface area (Å²) in [6.45, 7) is 0.371. The Morgan fingerprint density at radius 2 is 1.74 bits per heavy atom. The van der Waals surface area contributed by atoms with Gasteiger partial charge in [-0.1, -0.05) is 47.5 Å². The van der Waals surface area contributed by atoms with Gasteiger partial charge in [0.1, 0.15) is 41.7 Å². The van der Waals surface area contributed by atoms with Crippen LogP contribution in [-0.4, -0.2) is 104 Å². The molecular formula is C40H38Cl2N2O14. The molecule has 1 saturated heterocycles. The molecule has 58 heavy (non-hydrogen) atoms. The number of fused-ring (bicyclic) bond motifs is 3. The predicted molar refractivity (Wildman–Crippen MR) is 204 cm³/mol. The molecule has 1 aliphatic heterocycles. The van der Waals surface area contributed by atoms with E-state index in [1.165, 1.54) is 44.4 Å². The van der Waals surface area contributed by atoms with Crippen molar-refractivity contribution in [1.29, 1.82) is 0 Å². The van der Waals surface area contributed by atoms with Crippen LogP contribution in [0, 0.1) is 12.3 Å². The first kappa shape index (κ1) is 42.4. The van der Waals surface area contributed by atoms with Gasteiger partial charge < -0.3 is 55.1 Å². The van der Waals surface area contributed by atoms with Crippen LogP contribution in [0.1, 0.15) is 86.9 Å². The van der Waals surface area contributed by atoms with Crippen LogP contribution in [0.15, 0.2) is 42.5 Å². The molecular weight excluding hydrogens is 803 g/mol. The van der Waals surface area contributed by atoms with Crippen LogP contribution in [0.4, 0.5) is 10.5 Å². The highest BCUT2D eigenvalue weighted by atomic mass is 35.5. The number of terminal acetylenes is 1. The summed E-state index contributed by atoms with van der Waals surface area (Å²) in [6, 6.07) is 9.33. The summed E-state index contributed by atoms with van der Waals surface area (Å²) in [5.74, 6) is -2.47. The standard InChI is InChI=1S/C40H38Cl2N2O14/c1-4-6-23(18-9-11-19(12-10-18)43-38(52)37(41)42)58-39(53)44-22-13-27(56-17(2)32(22)47)57-25-15-40(54,26(46)16-45)14-21-29(25)36(51)31-30(34(21)49)33(48)20-7-5-8-24(55-3)28(20)35(31)50/h1,5,7-12,17,22-23,25,27,32,37,45,47,49,51,54H,6,13-16H2,2-3H3,(H,43,52)(H,44,53)/t17-,22-,23?,25-,27?,32+,40-/m0/s1. The Kier molecular flexibility index (Phi) is 12.4. The van der Waals surface area contributed by atoms with Gasteiger partial charge in [0.05, 0.1) is 48.5 Å². The Labute approximate surface area is 340 Å². The minimum atomic E-state index is -2.39. The average Bonchev–Trinajstić information content (AvgIpc) is 3.19. The normalized spacial score (nSPS) is 24.1. The summed E-state index contributed by atoms with van der Waals surface area (Å²) < 4.78 is 23.1. The highest BCUT2D eigenvalue weighted by molar-refractivity contribution is 6.54. The van der Waals surface area contributed by atoms with E-state index >= 15 is 0 Å². The molecule has 7 N–H and O–H groups in total. The van der Waals surface area contributed by atoms with Crippen LogP contribution in [0.5, 0.6) is 17.2 Å². The van der Waals surface area contributed by atoms with E-state index in [4.69, 9.17) is 48.6 Å². The number of aliphatic hydroxyl groups excluding tert-OH is 2. The van der Waals surface area contributed by atoms with E-state index < -0.39 is 119 Å². The summed E-state index contributed by atoms with van der Waals surface area (Å²) in [4.78, 5) is 64.5. The van der Waals surface area contributed by atoms with Crippen LogP contribution in [0.25, 0.3) is 0 Å². The van der Waals surface area contributed by atoms with Gasteiger partial charge in [-0.2, -0.15) is 0 Å². The molecule has 0 saturated carbocycles. The molecule has 3 aromatic rings. The molecule has 16 nitrogen and oxygen atoms in total. The molecule has 0 aromatic heterocycles. The van der Waals surface area contributed by atoms with Gasteiger partial charge in [-0.05, 0) is 30.7 Å². The minimum Gasteiger partial charge on any atom is -0.507 e. The summed E-state index contributed by atoms with van der Waals surface area (Å²) in [7, 11) is 1.29. The first-order chi connectivity index (χ1) is 27.5. The molecule has 7 atom stereocenters. The van der Waals surface area contributed by atoms with Crippen LogP contribution in [-0.2, 0) is 30.2 Å². The van der Waals surface area contributed by atoms with Gasteiger partial charge in [0.25, 0.3) is 5.91 Å². The molecule has 0 spiro atoms. The molecule has 1 fully saturated rings. The highest BCUT2D eigenvalue weighted by Gasteiger charge is 2.50. The van der Waals surface area contributed by atoms with Crippen molar-refractivity contribution >= 4 is 58.2 Å². The number of amides is 2. The second kappa shape index (κ2) is 16.9. The lowest BCUT2D eigenvalue weighted by atomic mass is 9.72. The summed E-state index contributed by atoms with van der Waals surface area (Å²) in [5, 5.41) is 60.9. The molecule has 2 amide bonds. The molecule has 306 valence electrons. The Bertz CT molecular complexity index is 2210. The number of hydrogen-bond donors (Lipinski definition) is 7. The average molecular weight is 842 g/mol. The van der Waals surface area contributed by atoms with Crippen LogP contribution in [0.2, 0.25) is 0 Å². The monoisotopic (exact) mass is 840 g/mol. The van der Waals surface area contributed by atoms with Gasteiger partial charge in [0.15, 0.2) is 22.7 Å². The number of benzene rings is 3. The number of ketones is 3. The lowest BCUT2D eigenvalue weighted by Crippen LogP contribution is -2.56. The third-order valence-corrected chi connectivity index (χ3v) is 10.8. The molecule has 2 aliphatic carbocycles. The summed E-state index contributed by atoms with van der Waals surface area (Å²) in [5.41, 5.74) is -3.45. The Hall–Kier alpha value is -5.25. The van der Waals surface area contributed by atoms with Crippen molar-refractivity contribution in [2.45, 2.75) is 79.8 Å². The molecule has 0 bridgehead atoms. The Balaban J connectivity index is 1.27. The third-order valence-electron chi connectivity index (χ3n) is 10.4. The second-order valence-corrected chi connectivity index (χ2v) is 15.1. The predicted octanol–water partition coefficient (Wildman–Crippen LogP) is 3.28. The number of alkyl halides is 2. The molecule has 3 aromatic carbocycles. The van der Waals surface area contributed by atoms with E-state index in [2.05, 4.69) is 16.6 Å². The fraction of sp³-hybridized carbons (Fsp3) is 0.375. The fourth-order valence-electron chi connectivity index (χ4n) is 7.49. The zero-order valence-corrected chi connectivity index (χ0v) is 32.4. The van der Waals surface area contributed by atoms with Gasteiger partial charge in [0, 0.05) is 41.6 Å². The first-order valence-electron chi connectivity index (χ1n) is 17.9. The number of rotatable bonds is 11. The number of phenols is 2. The maximum absolute atomic E-state index is 14.0. The Morgan fingerprint density at radius 3 is 2.38 bits per heavy atom. The lowest BCUT2D eigenvalue weighted by Gasteiger charge is -2.42. The van der Waals surface area contributed by atoms with Gasteiger partial charge in [-0.3, -0.25) is 19.2 Å². The van der Waals surface area contributed by atoms with E-state index in [1.807, 2.05) is 0 Å². The second-order valence-electron chi connectivity index (χ2n) is 14.0. The van der Waals surface area contributed by atoms with E-state index in [-0.39, 0.29) is 40.8 Å². The molecule has 18 heteroatoms. The number of Topliss-reactive ketones (excluding diaryl/α,β-unsaturated/α-hetero) is 1. The van der Waals surface area contributed by atoms with Crippen molar-refractivity contribution < 1.29 is 68.5 Å². The third kappa shape index (κ3) is 7.94. The number of hydrogen-bond acceptors (Lipinski definition) is 14. The topological polar surface area (TPSA) is 247 Å². The molecule has 6 rings (SSSR count). The number of carbonyl (C=O) groups excluding carboxylic acids is 5. The van der Waals surface area contributed by atoms with Gasteiger partial charge >= 0.3 is 6.09 Å². The number of aromatic hydroxyl groups is 2.